The summed E-state index contributed by atoms with van der Waals surface area (Å²) in [5, 5.41) is 0. The molecule has 0 radical (unpaired) electrons. The highest BCUT2D eigenvalue weighted by molar-refractivity contribution is 7.91. The molecule has 1 N–H and O–H groups in total. The van der Waals surface area contributed by atoms with Gasteiger partial charge in [-0.3, -0.25) is 0 Å². The number of sulfonamides is 1. The summed E-state index contributed by atoms with van der Waals surface area (Å²) >= 11 is 1.37. The number of aromatic nitrogens is 2. The summed E-state index contributed by atoms with van der Waals surface area (Å²) in [6.07, 6.45) is 5.19. The van der Waals surface area contributed by atoms with Crippen LogP contribution in [0.4, 0.5) is 0 Å². The fourth-order valence-electron chi connectivity index (χ4n) is 2.66. The van der Waals surface area contributed by atoms with E-state index in [2.05, 4.69) is 9.97 Å². The average molecular weight is 325 g/mol. The van der Waals surface area contributed by atoms with Crippen molar-refractivity contribution in [1.29, 1.82) is 0 Å². The molecule has 114 valence electrons. The molecule has 0 atom stereocenters. The number of aryl methyl sites for hydroxylation is 2. The zero-order valence-corrected chi connectivity index (χ0v) is 13.8. The van der Waals surface area contributed by atoms with E-state index in [0.717, 1.165) is 29.1 Å². The summed E-state index contributed by atoms with van der Waals surface area (Å²) in [5.74, 6) is 1.30. The minimum atomic E-state index is -3.33. The van der Waals surface area contributed by atoms with Crippen molar-refractivity contribution in [3.63, 3.8) is 0 Å². The standard InChI is InChI=1S/C14H19N3O2S2/c1-10-9-13(20-11(10)2)21(18,19)17-7-3-12(4-8-17)14-15-5-6-16-14/h5-6,9,12H,3-4,7-8H2,1-2H3,(H,15,16). The smallest absolute Gasteiger partial charge is 0.252 e. The van der Waals surface area contributed by atoms with Crippen molar-refractivity contribution in [2.75, 3.05) is 13.1 Å². The van der Waals surface area contributed by atoms with Gasteiger partial charge in [0.25, 0.3) is 10.0 Å². The van der Waals surface area contributed by atoms with Gasteiger partial charge in [-0.25, -0.2) is 13.4 Å². The lowest BCUT2D eigenvalue weighted by atomic mass is 9.98. The lowest BCUT2D eigenvalue weighted by Gasteiger charge is -2.29. The molecule has 3 heterocycles. The number of hydrogen-bond donors (Lipinski definition) is 1. The van der Waals surface area contributed by atoms with Crippen molar-refractivity contribution >= 4 is 21.4 Å². The normalized spacial score (nSPS) is 18.2. The Bertz CT molecular complexity index is 692. The highest BCUT2D eigenvalue weighted by Crippen LogP contribution is 2.32. The van der Waals surface area contributed by atoms with E-state index in [0.29, 0.717) is 23.2 Å². The van der Waals surface area contributed by atoms with Crippen LogP contribution in [0.25, 0.3) is 0 Å². The Morgan fingerprint density at radius 2 is 2.05 bits per heavy atom. The van der Waals surface area contributed by atoms with Gasteiger partial charge in [0.15, 0.2) is 0 Å². The Kier molecular flexibility index (Phi) is 3.90. The van der Waals surface area contributed by atoms with Crippen LogP contribution in [0.5, 0.6) is 0 Å². The van der Waals surface area contributed by atoms with Gasteiger partial charge in [0.2, 0.25) is 0 Å². The lowest BCUT2D eigenvalue weighted by Crippen LogP contribution is -2.37. The Morgan fingerprint density at radius 3 is 2.57 bits per heavy atom. The van der Waals surface area contributed by atoms with Crippen LogP contribution in [-0.2, 0) is 10.0 Å². The SMILES string of the molecule is Cc1cc(S(=O)(=O)N2CCC(c3ncc[nH]3)CC2)sc1C. The second-order valence-electron chi connectivity index (χ2n) is 5.46. The summed E-state index contributed by atoms with van der Waals surface area (Å²) in [5.41, 5.74) is 1.05. The van der Waals surface area contributed by atoms with Gasteiger partial charge in [-0.2, -0.15) is 4.31 Å². The van der Waals surface area contributed by atoms with Gasteiger partial charge in [-0.15, -0.1) is 11.3 Å². The van der Waals surface area contributed by atoms with Gasteiger partial charge >= 0.3 is 0 Å². The molecule has 3 rings (SSSR count). The van der Waals surface area contributed by atoms with Crippen LogP contribution in [-0.4, -0.2) is 35.8 Å². The van der Waals surface area contributed by atoms with E-state index in [1.807, 2.05) is 20.0 Å². The topological polar surface area (TPSA) is 66.1 Å². The summed E-state index contributed by atoms with van der Waals surface area (Å²) in [6, 6.07) is 1.79. The summed E-state index contributed by atoms with van der Waals surface area (Å²) < 4.78 is 27.4. The molecule has 0 unspecified atom stereocenters. The molecular formula is C14H19N3O2S2. The van der Waals surface area contributed by atoms with E-state index >= 15 is 0 Å². The largest absolute Gasteiger partial charge is 0.348 e. The van der Waals surface area contributed by atoms with Gasteiger partial charge in [0.05, 0.1) is 0 Å². The molecule has 7 heteroatoms. The first-order valence-corrected chi connectivity index (χ1v) is 9.30. The predicted molar refractivity (Wildman–Crippen MR) is 83.1 cm³/mol. The molecule has 1 saturated heterocycles. The molecular weight excluding hydrogens is 306 g/mol. The number of aromatic amines is 1. The Balaban J connectivity index is 1.74. The van der Waals surface area contributed by atoms with E-state index in [9.17, 15) is 8.42 Å². The number of hydrogen-bond acceptors (Lipinski definition) is 4. The Labute approximate surface area is 129 Å². The van der Waals surface area contributed by atoms with E-state index in [1.165, 1.54) is 11.3 Å². The summed E-state index contributed by atoms with van der Waals surface area (Å²) in [7, 11) is -3.33. The van der Waals surface area contributed by atoms with Gasteiger partial charge in [0.1, 0.15) is 10.0 Å². The van der Waals surface area contributed by atoms with Crippen LogP contribution in [0.3, 0.4) is 0 Å². The highest BCUT2D eigenvalue weighted by Gasteiger charge is 2.31. The Hall–Kier alpha value is -1.18. The first-order valence-electron chi connectivity index (χ1n) is 7.05. The fourth-order valence-corrected chi connectivity index (χ4v) is 5.81. The van der Waals surface area contributed by atoms with Crippen molar-refractivity contribution in [1.82, 2.24) is 14.3 Å². The molecule has 5 nitrogen and oxygen atoms in total. The van der Waals surface area contributed by atoms with Crippen molar-refractivity contribution in [3.8, 4) is 0 Å². The second kappa shape index (κ2) is 5.55. The zero-order chi connectivity index (χ0) is 15.0. The number of imidazole rings is 1. The third-order valence-corrected chi connectivity index (χ3v) is 7.60. The highest BCUT2D eigenvalue weighted by atomic mass is 32.2. The quantitative estimate of drug-likeness (QED) is 0.943. The molecule has 0 bridgehead atoms. The van der Waals surface area contributed by atoms with Crippen molar-refractivity contribution < 1.29 is 8.42 Å². The summed E-state index contributed by atoms with van der Waals surface area (Å²) in [6.45, 7) is 5.03. The molecule has 1 aliphatic heterocycles. The van der Waals surface area contributed by atoms with E-state index in [1.54, 1.807) is 16.6 Å². The number of nitrogens with one attached hydrogen (secondary N) is 1. The number of piperidine rings is 1. The van der Waals surface area contributed by atoms with Crippen LogP contribution in [0.2, 0.25) is 0 Å². The second-order valence-corrected chi connectivity index (χ2v) is 8.88. The first kappa shape index (κ1) is 14.7. The van der Waals surface area contributed by atoms with Gasteiger partial charge < -0.3 is 4.98 Å². The van der Waals surface area contributed by atoms with Crippen LogP contribution in [0.1, 0.15) is 35.0 Å². The molecule has 2 aromatic heterocycles. The van der Waals surface area contributed by atoms with Crippen molar-refractivity contribution in [2.24, 2.45) is 0 Å². The molecule has 0 spiro atoms. The van der Waals surface area contributed by atoms with Crippen molar-refractivity contribution in [2.45, 2.75) is 36.8 Å². The molecule has 0 amide bonds. The maximum absolute atomic E-state index is 12.7. The molecule has 0 aliphatic carbocycles. The molecule has 0 aromatic carbocycles. The fraction of sp³-hybridized carbons (Fsp3) is 0.500. The van der Waals surface area contributed by atoms with Gasteiger partial charge in [0, 0.05) is 36.3 Å². The third-order valence-electron chi connectivity index (χ3n) is 4.10. The van der Waals surface area contributed by atoms with E-state index in [4.69, 9.17) is 0 Å². The van der Waals surface area contributed by atoms with Gasteiger partial charge in [-0.1, -0.05) is 0 Å². The molecule has 2 aromatic rings. The first-order chi connectivity index (χ1) is 9.98. The van der Waals surface area contributed by atoms with E-state index in [-0.39, 0.29) is 0 Å². The average Bonchev–Trinajstić information content (AvgIpc) is 3.10. The van der Waals surface area contributed by atoms with Crippen LogP contribution >= 0.6 is 11.3 Å². The number of thiophene rings is 1. The maximum atomic E-state index is 12.7. The monoisotopic (exact) mass is 325 g/mol. The van der Waals surface area contributed by atoms with Crippen LogP contribution < -0.4 is 0 Å². The Morgan fingerprint density at radius 1 is 1.33 bits per heavy atom. The van der Waals surface area contributed by atoms with E-state index < -0.39 is 10.0 Å². The minimum absolute atomic E-state index is 0.332. The summed E-state index contributed by atoms with van der Waals surface area (Å²) in [4.78, 5) is 8.47. The molecule has 1 aliphatic rings. The van der Waals surface area contributed by atoms with Crippen LogP contribution in [0.15, 0.2) is 22.7 Å². The number of nitrogens with zero attached hydrogens (tertiary/aromatic N) is 2. The number of H-pyrrole nitrogens is 1. The van der Waals surface area contributed by atoms with Crippen LogP contribution in [0, 0.1) is 13.8 Å². The molecule has 1 fully saturated rings. The minimum Gasteiger partial charge on any atom is -0.348 e. The number of rotatable bonds is 3. The molecule has 0 saturated carbocycles. The third kappa shape index (κ3) is 2.77. The predicted octanol–water partition coefficient (Wildman–Crippen LogP) is 2.66. The lowest BCUT2D eigenvalue weighted by molar-refractivity contribution is 0.315. The zero-order valence-electron chi connectivity index (χ0n) is 12.2. The van der Waals surface area contributed by atoms with Crippen molar-refractivity contribution in [3.05, 3.63) is 34.7 Å². The maximum Gasteiger partial charge on any atom is 0.252 e. The van der Waals surface area contributed by atoms with Gasteiger partial charge in [-0.05, 0) is 38.3 Å². The molecule has 21 heavy (non-hydrogen) atoms.